The Morgan fingerprint density at radius 3 is 2.90 bits per heavy atom. The molecule has 2 aromatic heterocycles. The molecule has 2 heterocycles. The molecule has 1 aromatic carbocycles. The molecule has 2 N–H and O–H groups in total. The van der Waals surface area contributed by atoms with E-state index in [0.29, 0.717) is 12.3 Å². The number of benzene rings is 1. The highest BCUT2D eigenvalue weighted by Crippen LogP contribution is 2.18. The highest BCUT2D eigenvalue weighted by atomic mass is 16.6. The Balaban J connectivity index is 1.53. The first-order chi connectivity index (χ1) is 10.2. The van der Waals surface area contributed by atoms with Gasteiger partial charge in [-0.3, -0.25) is 10.1 Å². The third-order valence-electron chi connectivity index (χ3n) is 3.37. The van der Waals surface area contributed by atoms with Crippen LogP contribution in [0.5, 0.6) is 0 Å². The van der Waals surface area contributed by atoms with Crippen molar-refractivity contribution in [2.45, 2.75) is 13.0 Å². The van der Waals surface area contributed by atoms with Crippen LogP contribution in [0.2, 0.25) is 0 Å². The van der Waals surface area contributed by atoms with E-state index in [1.807, 2.05) is 24.4 Å². The molecule has 0 amide bonds. The zero-order valence-electron chi connectivity index (χ0n) is 11.3. The number of nitrogens with zero attached hydrogens (tertiary/aromatic N) is 1. The summed E-state index contributed by atoms with van der Waals surface area (Å²) in [7, 11) is 0. The van der Waals surface area contributed by atoms with Crippen LogP contribution in [0.15, 0.2) is 47.0 Å². The minimum Gasteiger partial charge on any atom is -0.404 e. The van der Waals surface area contributed by atoms with Crippen molar-refractivity contribution in [3.63, 3.8) is 0 Å². The van der Waals surface area contributed by atoms with Crippen molar-refractivity contribution < 1.29 is 9.34 Å². The molecule has 21 heavy (non-hydrogen) atoms. The Morgan fingerprint density at radius 1 is 1.24 bits per heavy atom. The predicted molar refractivity (Wildman–Crippen MR) is 79.1 cm³/mol. The lowest BCUT2D eigenvalue weighted by Crippen LogP contribution is -2.16. The standard InChI is InChI=1S/C15H15N3O3/c19-18(20)15-6-5-12(21-15)10-16-8-7-11-9-17-14-4-2-1-3-13(11)14/h1-6,9,16-17H,7-8,10H2. The summed E-state index contributed by atoms with van der Waals surface area (Å²) < 4.78 is 5.08. The van der Waals surface area contributed by atoms with E-state index >= 15 is 0 Å². The Morgan fingerprint density at radius 2 is 2.10 bits per heavy atom. The topological polar surface area (TPSA) is 84.1 Å². The molecule has 0 atom stereocenters. The number of H-pyrrole nitrogens is 1. The molecule has 0 aliphatic heterocycles. The van der Waals surface area contributed by atoms with Crippen molar-refractivity contribution in [2.75, 3.05) is 6.54 Å². The molecule has 0 unspecified atom stereocenters. The van der Waals surface area contributed by atoms with Gasteiger partial charge in [-0.15, -0.1) is 0 Å². The molecule has 0 saturated carbocycles. The average Bonchev–Trinajstić information content (AvgIpc) is 3.11. The number of hydrogen-bond acceptors (Lipinski definition) is 4. The summed E-state index contributed by atoms with van der Waals surface area (Å²) in [5.41, 5.74) is 2.39. The number of furan rings is 1. The van der Waals surface area contributed by atoms with Crippen LogP contribution in [-0.4, -0.2) is 16.5 Å². The van der Waals surface area contributed by atoms with E-state index in [0.717, 1.165) is 18.5 Å². The van der Waals surface area contributed by atoms with Crippen molar-refractivity contribution in [3.8, 4) is 0 Å². The SMILES string of the molecule is O=[N+]([O-])c1ccc(CNCCc2c[nH]c3ccccc23)o1. The summed E-state index contributed by atoms with van der Waals surface area (Å²) in [6, 6.07) is 11.2. The van der Waals surface area contributed by atoms with Gasteiger partial charge in [-0.25, -0.2) is 0 Å². The molecule has 0 aliphatic rings. The van der Waals surface area contributed by atoms with Gasteiger partial charge in [-0.1, -0.05) is 18.2 Å². The van der Waals surface area contributed by atoms with Crippen LogP contribution in [0, 0.1) is 10.1 Å². The van der Waals surface area contributed by atoms with Crippen molar-refractivity contribution in [1.82, 2.24) is 10.3 Å². The van der Waals surface area contributed by atoms with Crippen molar-refractivity contribution in [1.29, 1.82) is 0 Å². The molecule has 108 valence electrons. The first kappa shape index (κ1) is 13.4. The van der Waals surface area contributed by atoms with Crippen LogP contribution in [0.1, 0.15) is 11.3 Å². The minimum atomic E-state index is -0.532. The Hall–Kier alpha value is -2.60. The van der Waals surface area contributed by atoms with E-state index in [4.69, 9.17) is 4.42 Å². The number of para-hydroxylation sites is 1. The lowest BCUT2D eigenvalue weighted by Gasteiger charge is -2.02. The second kappa shape index (κ2) is 5.80. The lowest BCUT2D eigenvalue weighted by atomic mass is 10.1. The molecule has 3 rings (SSSR count). The first-order valence-electron chi connectivity index (χ1n) is 6.73. The number of aromatic nitrogens is 1. The van der Waals surface area contributed by atoms with Crippen LogP contribution in [0.3, 0.4) is 0 Å². The van der Waals surface area contributed by atoms with Crippen LogP contribution in [0.25, 0.3) is 10.9 Å². The fourth-order valence-electron chi connectivity index (χ4n) is 2.33. The summed E-state index contributed by atoms with van der Waals surface area (Å²) in [6.07, 6.45) is 2.90. The highest BCUT2D eigenvalue weighted by molar-refractivity contribution is 5.83. The number of rotatable bonds is 6. The predicted octanol–water partition coefficient (Wildman–Crippen LogP) is 3.00. The molecule has 0 spiro atoms. The van der Waals surface area contributed by atoms with Gasteiger partial charge in [0.1, 0.15) is 10.7 Å². The van der Waals surface area contributed by atoms with E-state index < -0.39 is 4.92 Å². The van der Waals surface area contributed by atoms with Gasteiger partial charge in [0, 0.05) is 17.1 Å². The van der Waals surface area contributed by atoms with E-state index in [1.54, 1.807) is 6.07 Å². The largest absolute Gasteiger partial charge is 0.433 e. The summed E-state index contributed by atoms with van der Waals surface area (Å²) in [5, 5.41) is 15.0. The van der Waals surface area contributed by atoms with Crippen molar-refractivity contribution in [2.24, 2.45) is 0 Å². The number of fused-ring (bicyclic) bond motifs is 1. The normalized spacial score (nSPS) is 11.0. The van der Waals surface area contributed by atoms with Crippen LogP contribution in [-0.2, 0) is 13.0 Å². The smallest absolute Gasteiger partial charge is 0.404 e. The fraction of sp³-hybridized carbons (Fsp3) is 0.200. The van der Waals surface area contributed by atoms with Gasteiger partial charge >= 0.3 is 5.88 Å². The van der Waals surface area contributed by atoms with Gasteiger partial charge in [0.15, 0.2) is 0 Å². The van der Waals surface area contributed by atoms with Gasteiger partial charge in [0.25, 0.3) is 0 Å². The summed E-state index contributed by atoms with van der Waals surface area (Å²) in [5.74, 6) is 0.351. The third-order valence-corrected chi connectivity index (χ3v) is 3.37. The number of nitrogens with one attached hydrogen (secondary N) is 2. The number of aromatic amines is 1. The van der Waals surface area contributed by atoms with Gasteiger partial charge in [-0.05, 0) is 30.7 Å². The van der Waals surface area contributed by atoms with Gasteiger partial charge in [-0.2, -0.15) is 0 Å². The molecular weight excluding hydrogens is 270 g/mol. The third kappa shape index (κ3) is 2.95. The zero-order valence-corrected chi connectivity index (χ0v) is 11.3. The molecule has 0 bridgehead atoms. The van der Waals surface area contributed by atoms with Crippen LogP contribution >= 0.6 is 0 Å². The average molecular weight is 285 g/mol. The lowest BCUT2D eigenvalue weighted by molar-refractivity contribution is -0.402. The second-order valence-electron chi connectivity index (χ2n) is 4.78. The molecule has 0 radical (unpaired) electrons. The monoisotopic (exact) mass is 285 g/mol. The Bertz CT molecular complexity index is 760. The van der Waals surface area contributed by atoms with E-state index in [-0.39, 0.29) is 5.88 Å². The number of hydrogen-bond donors (Lipinski definition) is 2. The van der Waals surface area contributed by atoms with E-state index in [2.05, 4.69) is 16.4 Å². The maximum Gasteiger partial charge on any atom is 0.433 e. The zero-order chi connectivity index (χ0) is 14.7. The molecule has 3 aromatic rings. The minimum absolute atomic E-state index is 0.219. The van der Waals surface area contributed by atoms with Crippen LogP contribution < -0.4 is 5.32 Å². The summed E-state index contributed by atoms with van der Waals surface area (Å²) >= 11 is 0. The quantitative estimate of drug-likeness (QED) is 0.414. The van der Waals surface area contributed by atoms with E-state index in [9.17, 15) is 10.1 Å². The van der Waals surface area contributed by atoms with Gasteiger partial charge in [0.05, 0.1) is 12.6 Å². The highest BCUT2D eigenvalue weighted by Gasteiger charge is 2.11. The first-order valence-corrected chi connectivity index (χ1v) is 6.73. The Kier molecular flexibility index (Phi) is 3.70. The maximum atomic E-state index is 10.5. The van der Waals surface area contributed by atoms with Crippen molar-refractivity contribution in [3.05, 3.63) is 64.0 Å². The summed E-state index contributed by atoms with van der Waals surface area (Å²) in [4.78, 5) is 13.2. The second-order valence-corrected chi connectivity index (χ2v) is 4.78. The number of nitro groups is 1. The molecule has 6 nitrogen and oxygen atoms in total. The van der Waals surface area contributed by atoms with Crippen LogP contribution in [0.4, 0.5) is 5.88 Å². The van der Waals surface area contributed by atoms with E-state index in [1.165, 1.54) is 17.0 Å². The van der Waals surface area contributed by atoms with Gasteiger partial charge < -0.3 is 14.7 Å². The van der Waals surface area contributed by atoms with Gasteiger partial charge in [0.2, 0.25) is 0 Å². The fourth-order valence-corrected chi connectivity index (χ4v) is 2.33. The molecule has 0 aliphatic carbocycles. The Labute approximate surface area is 120 Å². The molecule has 0 fully saturated rings. The van der Waals surface area contributed by atoms with Crippen molar-refractivity contribution >= 4 is 16.8 Å². The molecular formula is C15H15N3O3. The molecule has 0 saturated heterocycles. The molecule has 6 heteroatoms. The summed E-state index contributed by atoms with van der Waals surface area (Å²) in [6.45, 7) is 1.26. The maximum absolute atomic E-state index is 10.5.